The van der Waals surface area contributed by atoms with Gasteiger partial charge in [-0.05, 0) is 18.1 Å². The lowest BCUT2D eigenvalue weighted by Gasteiger charge is -2.06. The van der Waals surface area contributed by atoms with Gasteiger partial charge in [-0.2, -0.15) is 0 Å². The van der Waals surface area contributed by atoms with Crippen LogP contribution < -0.4 is 5.69 Å². The molecule has 2 N–H and O–H groups in total. The summed E-state index contributed by atoms with van der Waals surface area (Å²) in [6, 6.07) is 7.89. The summed E-state index contributed by atoms with van der Waals surface area (Å²) in [5, 5.41) is 0. The third kappa shape index (κ3) is 2.11. The highest BCUT2D eigenvalue weighted by Crippen LogP contribution is 2.26. The predicted octanol–water partition coefficient (Wildman–Crippen LogP) is 3.26. The Kier molecular flexibility index (Phi) is 3.01. The number of imidazole rings is 1. The lowest BCUT2D eigenvalue weighted by molar-refractivity contribution is 0.831. The van der Waals surface area contributed by atoms with Crippen LogP contribution in [-0.4, -0.2) is 9.97 Å². The molecule has 1 aromatic carbocycles. The van der Waals surface area contributed by atoms with Crippen LogP contribution in [0, 0.1) is 0 Å². The van der Waals surface area contributed by atoms with Crippen LogP contribution in [0.3, 0.4) is 0 Å². The van der Waals surface area contributed by atoms with Crippen LogP contribution in [-0.2, 0) is 0 Å². The molecule has 0 aliphatic rings. The van der Waals surface area contributed by atoms with E-state index in [2.05, 4.69) is 39.7 Å². The average molecular weight is 281 g/mol. The number of hydrogen-bond donors (Lipinski definition) is 2. The fourth-order valence-corrected chi connectivity index (χ4v) is 2.10. The van der Waals surface area contributed by atoms with Gasteiger partial charge in [0.15, 0.2) is 0 Å². The topological polar surface area (TPSA) is 48.6 Å². The number of rotatable bonds is 2. The third-order valence-corrected chi connectivity index (χ3v) is 2.94. The zero-order chi connectivity index (χ0) is 11.7. The van der Waals surface area contributed by atoms with Crippen molar-refractivity contribution >= 4 is 15.9 Å². The highest BCUT2D eigenvalue weighted by molar-refractivity contribution is 9.10. The Morgan fingerprint density at radius 2 is 2.00 bits per heavy atom. The van der Waals surface area contributed by atoms with Gasteiger partial charge in [-0.3, -0.25) is 0 Å². The molecule has 16 heavy (non-hydrogen) atoms. The molecule has 0 amide bonds. The minimum atomic E-state index is -0.154. The number of aromatic amines is 2. The van der Waals surface area contributed by atoms with E-state index in [-0.39, 0.29) is 11.6 Å². The van der Waals surface area contributed by atoms with E-state index in [4.69, 9.17) is 0 Å². The molecule has 0 aliphatic carbocycles. The predicted molar refractivity (Wildman–Crippen MR) is 68.6 cm³/mol. The van der Waals surface area contributed by atoms with Crippen LogP contribution in [0.1, 0.15) is 25.5 Å². The van der Waals surface area contributed by atoms with Gasteiger partial charge in [0.1, 0.15) is 0 Å². The molecule has 0 saturated carbocycles. The maximum atomic E-state index is 11.4. The molecule has 0 aliphatic heterocycles. The molecule has 0 saturated heterocycles. The second-order valence-electron chi connectivity index (χ2n) is 4.03. The van der Waals surface area contributed by atoms with Gasteiger partial charge in [0, 0.05) is 15.7 Å². The maximum absolute atomic E-state index is 11.4. The van der Waals surface area contributed by atoms with Gasteiger partial charge in [-0.1, -0.05) is 41.9 Å². The van der Waals surface area contributed by atoms with Crippen molar-refractivity contribution in [1.29, 1.82) is 0 Å². The highest BCUT2D eigenvalue weighted by atomic mass is 79.9. The minimum Gasteiger partial charge on any atom is -0.309 e. The molecule has 0 bridgehead atoms. The summed E-state index contributed by atoms with van der Waals surface area (Å²) in [5.74, 6) is 0.285. The summed E-state index contributed by atoms with van der Waals surface area (Å²) >= 11 is 3.43. The Morgan fingerprint density at radius 1 is 1.25 bits per heavy atom. The van der Waals surface area contributed by atoms with Gasteiger partial charge < -0.3 is 9.97 Å². The summed E-state index contributed by atoms with van der Waals surface area (Å²) < 4.78 is 1.00. The summed E-state index contributed by atoms with van der Waals surface area (Å²) in [6.07, 6.45) is 0. The van der Waals surface area contributed by atoms with Crippen molar-refractivity contribution in [1.82, 2.24) is 9.97 Å². The molecule has 1 aromatic heterocycles. The van der Waals surface area contributed by atoms with Crippen molar-refractivity contribution in [2.24, 2.45) is 0 Å². The SMILES string of the molecule is CC(C)c1[nH]c(=O)[nH]c1-c1cccc(Br)c1. The molecule has 0 atom stereocenters. The first-order valence-corrected chi connectivity index (χ1v) is 5.95. The van der Waals surface area contributed by atoms with E-state index in [1.807, 2.05) is 24.3 Å². The minimum absolute atomic E-state index is 0.154. The highest BCUT2D eigenvalue weighted by Gasteiger charge is 2.12. The normalized spacial score (nSPS) is 11.0. The fourth-order valence-electron chi connectivity index (χ4n) is 1.70. The lowest BCUT2D eigenvalue weighted by Crippen LogP contribution is -2.01. The smallest absolute Gasteiger partial charge is 0.309 e. The van der Waals surface area contributed by atoms with Crippen molar-refractivity contribution in [3.63, 3.8) is 0 Å². The standard InChI is InChI=1S/C12H13BrN2O/c1-7(2)10-11(15-12(16)14-10)8-4-3-5-9(13)6-8/h3-7H,1-2H3,(H2,14,15,16). The van der Waals surface area contributed by atoms with E-state index in [0.29, 0.717) is 0 Å². The second-order valence-corrected chi connectivity index (χ2v) is 4.95. The molecule has 3 nitrogen and oxygen atoms in total. The summed E-state index contributed by atoms with van der Waals surface area (Å²) in [4.78, 5) is 17.0. The Bertz CT molecular complexity index is 554. The van der Waals surface area contributed by atoms with E-state index in [0.717, 1.165) is 21.4 Å². The number of nitrogens with one attached hydrogen (secondary N) is 2. The van der Waals surface area contributed by atoms with Gasteiger partial charge >= 0.3 is 5.69 Å². The molecule has 0 fully saturated rings. The molecule has 0 radical (unpaired) electrons. The van der Waals surface area contributed by atoms with E-state index in [9.17, 15) is 4.79 Å². The van der Waals surface area contributed by atoms with Crippen LogP contribution >= 0.6 is 15.9 Å². The van der Waals surface area contributed by atoms with Gasteiger partial charge in [0.05, 0.1) is 5.69 Å². The second kappa shape index (κ2) is 4.29. The van der Waals surface area contributed by atoms with Crippen LogP contribution in [0.25, 0.3) is 11.3 Å². The molecular formula is C12H13BrN2O. The van der Waals surface area contributed by atoms with Gasteiger partial charge in [-0.15, -0.1) is 0 Å². The van der Waals surface area contributed by atoms with Gasteiger partial charge in [-0.25, -0.2) is 4.79 Å². The lowest BCUT2D eigenvalue weighted by atomic mass is 10.0. The molecule has 4 heteroatoms. The first kappa shape index (κ1) is 11.2. The van der Waals surface area contributed by atoms with Crippen molar-refractivity contribution in [2.75, 3.05) is 0 Å². The van der Waals surface area contributed by atoms with Crippen molar-refractivity contribution in [3.8, 4) is 11.3 Å². The van der Waals surface area contributed by atoms with Crippen LogP contribution in [0.5, 0.6) is 0 Å². The van der Waals surface area contributed by atoms with Gasteiger partial charge in [0.2, 0.25) is 0 Å². The molecule has 1 heterocycles. The molecular weight excluding hydrogens is 268 g/mol. The molecule has 2 aromatic rings. The maximum Gasteiger partial charge on any atom is 0.323 e. The van der Waals surface area contributed by atoms with Crippen molar-refractivity contribution in [2.45, 2.75) is 19.8 Å². The summed E-state index contributed by atoms with van der Waals surface area (Å²) in [7, 11) is 0. The van der Waals surface area contributed by atoms with E-state index >= 15 is 0 Å². The Hall–Kier alpha value is -1.29. The van der Waals surface area contributed by atoms with Crippen molar-refractivity contribution < 1.29 is 0 Å². The Morgan fingerprint density at radius 3 is 2.62 bits per heavy atom. The van der Waals surface area contributed by atoms with Gasteiger partial charge in [0.25, 0.3) is 0 Å². The third-order valence-electron chi connectivity index (χ3n) is 2.45. The fraction of sp³-hybridized carbons (Fsp3) is 0.250. The molecule has 0 unspecified atom stereocenters. The largest absolute Gasteiger partial charge is 0.323 e. The van der Waals surface area contributed by atoms with Crippen molar-refractivity contribution in [3.05, 3.63) is 44.9 Å². The number of aromatic nitrogens is 2. The zero-order valence-electron chi connectivity index (χ0n) is 9.17. The Labute approximate surface area is 102 Å². The molecule has 84 valence electrons. The average Bonchev–Trinajstić information content (AvgIpc) is 2.60. The van der Waals surface area contributed by atoms with E-state index in [1.165, 1.54) is 0 Å². The van der Waals surface area contributed by atoms with Crippen LogP contribution in [0.4, 0.5) is 0 Å². The first-order chi connectivity index (χ1) is 7.58. The zero-order valence-corrected chi connectivity index (χ0v) is 10.8. The number of halogens is 1. The number of H-pyrrole nitrogens is 2. The van der Waals surface area contributed by atoms with E-state index in [1.54, 1.807) is 0 Å². The monoisotopic (exact) mass is 280 g/mol. The number of hydrogen-bond acceptors (Lipinski definition) is 1. The first-order valence-electron chi connectivity index (χ1n) is 5.16. The van der Waals surface area contributed by atoms with Crippen LogP contribution in [0.15, 0.2) is 33.5 Å². The molecule has 2 rings (SSSR count). The summed E-state index contributed by atoms with van der Waals surface area (Å²) in [6.45, 7) is 4.11. The quantitative estimate of drug-likeness (QED) is 0.872. The number of benzene rings is 1. The summed E-state index contributed by atoms with van der Waals surface area (Å²) in [5.41, 5.74) is 2.68. The molecule has 0 spiro atoms. The Balaban J connectivity index is 2.59. The van der Waals surface area contributed by atoms with Crippen LogP contribution in [0.2, 0.25) is 0 Å². The van der Waals surface area contributed by atoms with E-state index < -0.39 is 0 Å².